The molecule has 102 valence electrons. The number of nitrogens with zero attached hydrogens (tertiary/aromatic N) is 2. The largest absolute Gasteiger partial charge is 0.495 e. The Kier molecular flexibility index (Phi) is 4.47. The Hall–Kier alpha value is -2.11. The summed E-state index contributed by atoms with van der Waals surface area (Å²) in [6.45, 7) is -0.145. The van der Waals surface area contributed by atoms with Gasteiger partial charge in [0.15, 0.2) is 0 Å². The van der Waals surface area contributed by atoms with Gasteiger partial charge in [0.25, 0.3) is 5.69 Å². The number of non-ortho nitro benzene ring substituents is 1. The van der Waals surface area contributed by atoms with Crippen LogP contribution in [0.3, 0.4) is 0 Å². The summed E-state index contributed by atoms with van der Waals surface area (Å²) < 4.78 is 30.2. The first-order valence-electron chi connectivity index (χ1n) is 5.06. The highest BCUT2D eigenvalue weighted by atomic mass is 32.2. The first-order chi connectivity index (χ1) is 8.84. The minimum absolute atomic E-state index is 0.0227. The van der Waals surface area contributed by atoms with Crippen molar-refractivity contribution >= 4 is 15.7 Å². The second kappa shape index (κ2) is 5.69. The normalized spacial score (nSPS) is 11.1. The molecule has 19 heavy (non-hydrogen) atoms. The number of terminal acetylenes is 1. The summed E-state index contributed by atoms with van der Waals surface area (Å²) in [7, 11) is -1.37. The van der Waals surface area contributed by atoms with Crippen LogP contribution in [-0.2, 0) is 10.0 Å². The zero-order chi connectivity index (χ0) is 14.6. The molecule has 0 N–H and O–H groups in total. The Morgan fingerprint density at radius 2 is 2.16 bits per heavy atom. The molecule has 0 bridgehead atoms. The lowest BCUT2D eigenvalue weighted by Gasteiger charge is -2.16. The maximum Gasteiger partial charge on any atom is 0.271 e. The van der Waals surface area contributed by atoms with Crippen LogP contribution in [0.25, 0.3) is 0 Å². The molecule has 0 unspecified atom stereocenters. The minimum Gasteiger partial charge on any atom is -0.495 e. The van der Waals surface area contributed by atoms with Crippen LogP contribution in [-0.4, -0.2) is 38.3 Å². The zero-order valence-electron chi connectivity index (χ0n) is 10.4. The number of benzene rings is 1. The van der Waals surface area contributed by atoms with Gasteiger partial charge in [-0.2, -0.15) is 4.31 Å². The second-order valence-electron chi connectivity index (χ2n) is 3.56. The van der Waals surface area contributed by atoms with Crippen LogP contribution in [0.2, 0.25) is 0 Å². The third-order valence-corrected chi connectivity index (χ3v) is 4.18. The molecule has 0 saturated heterocycles. The highest BCUT2D eigenvalue weighted by Gasteiger charge is 2.26. The van der Waals surface area contributed by atoms with Crippen LogP contribution in [0.4, 0.5) is 5.69 Å². The molecule has 0 atom stereocenters. The van der Waals surface area contributed by atoms with Crippen molar-refractivity contribution in [3.8, 4) is 18.1 Å². The van der Waals surface area contributed by atoms with Crippen LogP contribution in [0, 0.1) is 22.5 Å². The van der Waals surface area contributed by atoms with E-state index >= 15 is 0 Å². The average Bonchev–Trinajstić information content (AvgIpc) is 2.38. The van der Waals surface area contributed by atoms with Crippen molar-refractivity contribution < 1.29 is 18.1 Å². The van der Waals surface area contributed by atoms with Gasteiger partial charge in [0.2, 0.25) is 10.0 Å². The average molecular weight is 284 g/mol. The molecule has 0 spiro atoms. The molecule has 0 aliphatic rings. The lowest BCUT2D eigenvalue weighted by Crippen LogP contribution is -2.27. The number of rotatable bonds is 5. The quantitative estimate of drug-likeness (QED) is 0.454. The van der Waals surface area contributed by atoms with Crippen molar-refractivity contribution in [3.63, 3.8) is 0 Å². The Morgan fingerprint density at radius 1 is 1.53 bits per heavy atom. The van der Waals surface area contributed by atoms with Crippen molar-refractivity contribution in [1.82, 2.24) is 4.31 Å². The van der Waals surface area contributed by atoms with Crippen LogP contribution < -0.4 is 4.74 Å². The van der Waals surface area contributed by atoms with E-state index in [0.717, 1.165) is 10.4 Å². The van der Waals surface area contributed by atoms with E-state index < -0.39 is 14.9 Å². The molecule has 8 heteroatoms. The molecule has 0 fully saturated rings. The monoisotopic (exact) mass is 284 g/mol. The molecule has 1 aromatic carbocycles. The standard InChI is InChI=1S/C11H12N2O5S/c1-4-7-12(2)19(16,17)11-8-9(13(14)15)5-6-10(11)18-3/h1,5-6,8H,7H2,2-3H3. The van der Waals surface area contributed by atoms with Crippen LogP contribution in [0.5, 0.6) is 5.75 Å². The first kappa shape index (κ1) is 14.9. The summed E-state index contributed by atoms with van der Waals surface area (Å²) in [6, 6.07) is 3.34. The summed E-state index contributed by atoms with van der Waals surface area (Å²) in [6.07, 6.45) is 5.06. The van der Waals surface area contributed by atoms with E-state index in [1.807, 2.05) is 0 Å². The van der Waals surface area contributed by atoms with Gasteiger partial charge in [0.05, 0.1) is 18.6 Å². The highest BCUT2D eigenvalue weighted by molar-refractivity contribution is 7.89. The SMILES string of the molecule is C#CCN(C)S(=O)(=O)c1cc([N+](=O)[O-])ccc1OC. The van der Waals surface area contributed by atoms with Gasteiger partial charge >= 0.3 is 0 Å². The number of hydrogen-bond donors (Lipinski definition) is 0. The van der Waals surface area contributed by atoms with Gasteiger partial charge in [-0.15, -0.1) is 6.42 Å². The van der Waals surface area contributed by atoms with Gasteiger partial charge in [-0.1, -0.05) is 5.92 Å². The van der Waals surface area contributed by atoms with Crippen molar-refractivity contribution in [2.75, 3.05) is 20.7 Å². The maximum absolute atomic E-state index is 12.2. The molecule has 1 rings (SSSR count). The summed E-state index contributed by atoms with van der Waals surface area (Å²) in [4.78, 5) is 9.73. The predicted molar refractivity (Wildman–Crippen MR) is 68.3 cm³/mol. The Morgan fingerprint density at radius 3 is 2.63 bits per heavy atom. The molecule has 0 aromatic heterocycles. The first-order valence-corrected chi connectivity index (χ1v) is 6.50. The van der Waals surface area contributed by atoms with Crippen LogP contribution >= 0.6 is 0 Å². The molecule has 0 saturated carbocycles. The third-order valence-electron chi connectivity index (χ3n) is 2.36. The summed E-state index contributed by atoms with van der Waals surface area (Å²) >= 11 is 0. The predicted octanol–water partition coefficient (Wildman–Crippen LogP) is 0.857. The lowest BCUT2D eigenvalue weighted by atomic mass is 10.3. The zero-order valence-corrected chi connectivity index (χ0v) is 11.2. The van der Waals surface area contributed by atoms with Crippen molar-refractivity contribution in [2.24, 2.45) is 0 Å². The smallest absolute Gasteiger partial charge is 0.271 e. The van der Waals surface area contributed by atoms with Crippen molar-refractivity contribution in [3.05, 3.63) is 28.3 Å². The molecule has 0 radical (unpaired) electrons. The Balaban J connectivity index is 3.43. The molecular weight excluding hydrogens is 272 g/mol. The number of methoxy groups -OCH3 is 1. The molecule has 0 heterocycles. The van der Waals surface area contributed by atoms with E-state index in [1.165, 1.54) is 26.3 Å². The molecule has 0 aliphatic heterocycles. The number of ether oxygens (including phenoxy) is 1. The van der Waals surface area contributed by atoms with E-state index in [1.54, 1.807) is 0 Å². The van der Waals surface area contributed by atoms with Gasteiger partial charge < -0.3 is 4.74 Å². The van der Waals surface area contributed by atoms with E-state index in [-0.39, 0.29) is 22.9 Å². The van der Waals surface area contributed by atoms with Crippen molar-refractivity contribution in [2.45, 2.75) is 4.90 Å². The fourth-order valence-electron chi connectivity index (χ4n) is 1.36. The minimum atomic E-state index is -3.94. The van der Waals surface area contributed by atoms with E-state index in [4.69, 9.17) is 11.2 Å². The second-order valence-corrected chi connectivity index (χ2v) is 5.57. The van der Waals surface area contributed by atoms with Crippen LogP contribution in [0.1, 0.15) is 0 Å². The van der Waals surface area contributed by atoms with E-state index in [2.05, 4.69) is 5.92 Å². The van der Waals surface area contributed by atoms with Gasteiger partial charge in [0, 0.05) is 19.2 Å². The van der Waals surface area contributed by atoms with Gasteiger partial charge in [-0.3, -0.25) is 10.1 Å². The number of nitro benzene ring substituents is 1. The molecule has 7 nitrogen and oxygen atoms in total. The van der Waals surface area contributed by atoms with Gasteiger partial charge in [-0.25, -0.2) is 8.42 Å². The van der Waals surface area contributed by atoms with Gasteiger partial charge in [-0.05, 0) is 6.07 Å². The van der Waals surface area contributed by atoms with Crippen molar-refractivity contribution in [1.29, 1.82) is 0 Å². The van der Waals surface area contributed by atoms with Crippen LogP contribution in [0.15, 0.2) is 23.1 Å². The fraction of sp³-hybridized carbons (Fsp3) is 0.273. The summed E-state index contributed by atoms with van der Waals surface area (Å²) in [5.74, 6) is 2.21. The Labute approximate surface area is 111 Å². The van der Waals surface area contributed by atoms with E-state index in [0.29, 0.717) is 0 Å². The molecule has 1 aromatic rings. The number of hydrogen-bond acceptors (Lipinski definition) is 5. The molecule has 0 amide bonds. The summed E-state index contributed by atoms with van der Waals surface area (Å²) in [5, 5.41) is 10.7. The number of sulfonamides is 1. The summed E-state index contributed by atoms with van der Waals surface area (Å²) in [5.41, 5.74) is -0.339. The maximum atomic E-state index is 12.2. The molecule has 0 aliphatic carbocycles. The number of nitro groups is 1. The molecular formula is C11H12N2O5S. The lowest BCUT2D eigenvalue weighted by molar-refractivity contribution is -0.385. The highest BCUT2D eigenvalue weighted by Crippen LogP contribution is 2.29. The fourth-order valence-corrected chi connectivity index (χ4v) is 2.62. The van der Waals surface area contributed by atoms with E-state index in [9.17, 15) is 18.5 Å². The topological polar surface area (TPSA) is 89.8 Å². The third kappa shape index (κ3) is 3.01. The Bertz CT molecular complexity index is 633. The van der Waals surface area contributed by atoms with Gasteiger partial charge in [0.1, 0.15) is 10.6 Å².